The summed E-state index contributed by atoms with van der Waals surface area (Å²) in [6, 6.07) is 9.93. The van der Waals surface area contributed by atoms with Crippen molar-refractivity contribution >= 4 is 44.7 Å². The lowest BCUT2D eigenvalue weighted by atomic mass is 10.0. The molecule has 0 spiro atoms. The van der Waals surface area contributed by atoms with Crippen LogP contribution in [0.1, 0.15) is 17.3 Å². The normalized spacial score (nSPS) is 20.8. The van der Waals surface area contributed by atoms with E-state index in [0.29, 0.717) is 0 Å². The van der Waals surface area contributed by atoms with Gasteiger partial charge in [0.15, 0.2) is 0 Å². The highest BCUT2D eigenvalue weighted by molar-refractivity contribution is 7.87. The van der Waals surface area contributed by atoms with Crippen LogP contribution in [0.5, 0.6) is 0 Å². The molecule has 168 valence electrons. The first-order valence-corrected chi connectivity index (χ1v) is 12.2. The second-order valence-electron chi connectivity index (χ2n) is 7.31. The first-order chi connectivity index (χ1) is 15.1. The quantitative estimate of drug-likeness (QED) is 0.554. The third kappa shape index (κ3) is 4.69. The van der Waals surface area contributed by atoms with Crippen molar-refractivity contribution in [1.82, 2.24) is 9.03 Å². The zero-order valence-corrected chi connectivity index (χ0v) is 19.1. The third-order valence-corrected chi connectivity index (χ3v) is 8.13. The molecule has 2 atom stereocenters. The van der Waals surface area contributed by atoms with Gasteiger partial charge in [0.05, 0.1) is 11.1 Å². The molecule has 6 nitrogen and oxygen atoms in total. The molecule has 1 aliphatic rings. The van der Waals surface area contributed by atoms with Gasteiger partial charge in [-0.05, 0) is 59.3 Å². The average molecular weight is 498 g/mol. The van der Waals surface area contributed by atoms with Crippen molar-refractivity contribution in [3.05, 3.63) is 75.4 Å². The molecule has 4 rings (SSSR count). The summed E-state index contributed by atoms with van der Waals surface area (Å²) in [4.78, 5) is 13.6. The zero-order valence-electron chi connectivity index (χ0n) is 16.7. The number of nitrogens with one attached hydrogen (secondary N) is 2. The van der Waals surface area contributed by atoms with Crippen molar-refractivity contribution in [1.29, 1.82) is 0 Å². The molecule has 0 radical (unpaired) electrons. The smallest absolute Gasteiger partial charge is 0.280 e. The third-order valence-electron chi connectivity index (χ3n) is 5.20. The van der Waals surface area contributed by atoms with Gasteiger partial charge in [-0.25, -0.2) is 8.78 Å². The Morgan fingerprint density at radius 1 is 1.16 bits per heavy atom. The molecule has 0 bridgehead atoms. The number of rotatable bonds is 4. The van der Waals surface area contributed by atoms with E-state index in [-0.39, 0.29) is 22.9 Å². The first kappa shape index (κ1) is 22.8. The Bertz CT molecular complexity index is 1270. The minimum atomic E-state index is -3.93. The van der Waals surface area contributed by atoms with Crippen LogP contribution in [0.4, 0.5) is 14.5 Å². The van der Waals surface area contributed by atoms with Gasteiger partial charge in [-0.2, -0.15) is 17.4 Å². The molecule has 1 aromatic heterocycles. The Kier molecular flexibility index (Phi) is 6.33. The molecule has 2 N–H and O–H groups in total. The summed E-state index contributed by atoms with van der Waals surface area (Å²) in [5.41, 5.74) is 1.88. The van der Waals surface area contributed by atoms with Crippen LogP contribution in [-0.2, 0) is 15.0 Å². The molecule has 1 saturated heterocycles. The molecule has 3 aromatic rings. The van der Waals surface area contributed by atoms with Crippen molar-refractivity contribution < 1.29 is 22.0 Å². The monoisotopic (exact) mass is 497 g/mol. The molecule has 32 heavy (non-hydrogen) atoms. The number of anilines is 1. The standard InChI is InChI=1S/C21H18ClF2N3O3S2/c1-27-19(21(28)25-15-6-7-17(24)16(22)9-15)10-18(26-32(27,29)30)20-8-13(11-31-20)12-2-4-14(23)5-3-12/h2-9,11,18-19,26H,10H2,1H3,(H,25,28)/t18-,19+/m1/s1. The van der Waals surface area contributed by atoms with Gasteiger partial charge in [0.25, 0.3) is 10.2 Å². The maximum atomic E-state index is 13.4. The molecule has 11 heteroatoms. The van der Waals surface area contributed by atoms with Crippen LogP contribution in [0.3, 0.4) is 0 Å². The summed E-state index contributed by atoms with van der Waals surface area (Å²) < 4.78 is 55.5. The Hall–Kier alpha value is -2.37. The fourth-order valence-electron chi connectivity index (χ4n) is 3.43. The van der Waals surface area contributed by atoms with E-state index in [1.54, 1.807) is 12.1 Å². The summed E-state index contributed by atoms with van der Waals surface area (Å²) in [5, 5.41) is 4.30. The first-order valence-electron chi connectivity index (χ1n) is 9.49. The highest BCUT2D eigenvalue weighted by Crippen LogP contribution is 2.35. The summed E-state index contributed by atoms with van der Waals surface area (Å²) in [6.45, 7) is 0. The number of likely N-dealkylation sites (N-methyl/N-ethyl adjacent to an activating group) is 1. The number of hydrogen-bond donors (Lipinski definition) is 2. The average Bonchev–Trinajstić information content (AvgIpc) is 3.23. The van der Waals surface area contributed by atoms with Gasteiger partial charge in [0.2, 0.25) is 5.91 Å². The van der Waals surface area contributed by atoms with E-state index in [4.69, 9.17) is 11.6 Å². The molecule has 1 fully saturated rings. The van der Waals surface area contributed by atoms with Crippen molar-refractivity contribution in [2.45, 2.75) is 18.5 Å². The molecular formula is C21H18ClF2N3O3S2. The maximum Gasteiger partial charge on any atom is 0.280 e. The highest BCUT2D eigenvalue weighted by Gasteiger charge is 2.41. The van der Waals surface area contributed by atoms with E-state index in [1.807, 2.05) is 11.4 Å². The second-order valence-corrected chi connectivity index (χ2v) is 10.4. The van der Waals surface area contributed by atoms with Crippen molar-refractivity contribution in [3.8, 4) is 11.1 Å². The lowest BCUT2D eigenvalue weighted by molar-refractivity contribution is -0.120. The van der Waals surface area contributed by atoms with Gasteiger partial charge in [-0.15, -0.1) is 11.3 Å². The largest absolute Gasteiger partial charge is 0.325 e. The Labute approximate surface area is 193 Å². The zero-order chi connectivity index (χ0) is 23.0. The summed E-state index contributed by atoms with van der Waals surface area (Å²) in [6.07, 6.45) is 0.180. The number of halogens is 3. The predicted molar refractivity (Wildman–Crippen MR) is 121 cm³/mol. The molecular weight excluding hydrogens is 480 g/mol. The van der Waals surface area contributed by atoms with Crippen LogP contribution in [0.2, 0.25) is 5.02 Å². The van der Waals surface area contributed by atoms with Crippen LogP contribution in [0, 0.1) is 11.6 Å². The number of carbonyl (C=O) groups excluding carboxylic acids is 1. The fourth-order valence-corrected chi connectivity index (χ4v) is 5.93. The van der Waals surface area contributed by atoms with Gasteiger partial charge in [0.1, 0.15) is 17.7 Å². The molecule has 2 aromatic carbocycles. The van der Waals surface area contributed by atoms with Crippen LogP contribution < -0.4 is 10.0 Å². The minimum absolute atomic E-state index is 0.154. The van der Waals surface area contributed by atoms with Crippen molar-refractivity contribution in [3.63, 3.8) is 0 Å². The maximum absolute atomic E-state index is 13.4. The van der Waals surface area contributed by atoms with E-state index in [9.17, 15) is 22.0 Å². The van der Waals surface area contributed by atoms with Gasteiger partial charge < -0.3 is 5.32 Å². The van der Waals surface area contributed by atoms with E-state index in [2.05, 4.69) is 10.0 Å². The molecule has 0 saturated carbocycles. The fraction of sp³-hybridized carbons (Fsp3) is 0.190. The van der Waals surface area contributed by atoms with Crippen LogP contribution in [0.25, 0.3) is 11.1 Å². The van der Waals surface area contributed by atoms with Crippen molar-refractivity contribution in [2.24, 2.45) is 0 Å². The molecule has 2 heterocycles. The van der Waals surface area contributed by atoms with E-state index in [0.717, 1.165) is 26.4 Å². The van der Waals surface area contributed by atoms with Crippen LogP contribution in [0.15, 0.2) is 53.9 Å². The number of amides is 1. The minimum Gasteiger partial charge on any atom is -0.325 e. The van der Waals surface area contributed by atoms with Crippen LogP contribution in [-0.4, -0.2) is 31.7 Å². The highest BCUT2D eigenvalue weighted by atomic mass is 35.5. The number of nitrogens with zero attached hydrogens (tertiary/aromatic N) is 1. The lowest BCUT2D eigenvalue weighted by Gasteiger charge is -2.35. The predicted octanol–water partition coefficient (Wildman–Crippen LogP) is 4.57. The van der Waals surface area contributed by atoms with Crippen molar-refractivity contribution in [2.75, 3.05) is 12.4 Å². The van der Waals surface area contributed by atoms with Gasteiger partial charge >= 0.3 is 0 Å². The summed E-state index contributed by atoms with van der Waals surface area (Å²) in [5.74, 6) is -1.52. The van der Waals surface area contributed by atoms with Crippen LogP contribution >= 0.6 is 22.9 Å². The SMILES string of the molecule is CN1[C@H](C(=O)Nc2ccc(F)c(Cl)c2)C[C@H](c2cc(-c3ccc(F)cc3)cs2)NS1(=O)=O. The Balaban J connectivity index is 1.56. The second kappa shape index (κ2) is 8.87. The molecule has 1 aliphatic heterocycles. The van der Waals surface area contributed by atoms with E-state index in [1.165, 1.54) is 42.6 Å². The Morgan fingerprint density at radius 3 is 2.56 bits per heavy atom. The lowest BCUT2D eigenvalue weighted by Crippen LogP contribution is -2.55. The molecule has 1 amide bonds. The van der Waals surface area contributed by atoms with Gasteiger partial charge in [-0.1, -0.05) is 23.7 Å². The molecule has 0 unspecified atom stereocenters. The van der Waals surface area contributed by atoms with Gasteiger partial charge in [-0.3, -0.25) is 4.79 Å². The van der Waals surface area contributed by atoms with E-state index < -0.39 is 34.0 Å². The topological polar surface area (TPSA) is 78.5 Å². The number of hydrogen-bond acceptors (Lipinski definition) is 4. The number of thiophene rings is 1. The summed E-state index contributed by atoms with van der Waals surface area (Å²) in [7, 11) is -2.61. The Morgan fingerprint density at radius 2 is 1.88 bits per heavy atom. The summed E-state index contributed by atoms with van der Waals surface area (Å²) >= 11 is 7.11. The number of carbonyl (C=O) groups is 1. The molecule has 0 aliphatic carbocycles. The van der Waals surface area contributed by atoms with Gasteiger partial charge in [0, 0.05) is 17.6 Å². The van der Waals surface area contributed by atoms with E-state index >= 15 is 0 Å². The number of benzene rings is 2.